The molecule has 0 saturated carbocycles. The van der Waals surface area contributed by atoms with Gasteiger partial charge in [0.25, 0.3) is 0 Å². The van der Waals surface area contributed by atoms with Gasteiger partial charge >= 0.3 is 0 Å². The van der Waals surface area contributed by atoms with Gasteiger partial charge in [-0.1, -0.05) is 24.3 Å². The molecular formula is C23H22N4O2. The lowest BCUT2D eigenvalue weighted by molar-refractivity contribution is -0.132. The lowest BCUT2D eigenvalue weighted by Crippen LogP contribution is -2.30. The first kappa shape index (κ1) is 18.7. The zero-order valence-corrected chi connectivity index (χ0v) is 16.0. The quantitative estimate of drug-likeness (QED) is 0.459. The molecule has 0 N–H and O–H groups in total. The summed E-state index contributed by atoms with van der Waals surface area (Å²) in [5, 5.41) is 4.41. The van der Waals surface area contributed by atoms with E-state index in [1.807, 2.05) is 71.7 Å². The van der Waals surface area contributed by atoms with Gasteiger partial charge in [-0.2, -0.15) is 5.10 Å². The van der Waals surface area contributed by atoms with Crippen LogP contribution in [0.4, 0.5) is 0 Å². The van der Waals surface area contributed by atoms with Gasteiger partial charge in [-0.25, -0.2) is 4.68 Å². The van der Waals surface area contributed by atoms with Crippen molar-refractivity contribution in [2.75, 3.05) is 0 Å². The Morgan fingerprint density at radius 2 is 1.86 bits per heavy atom. The lowest BCUT2D eigenvalue weighted by atomic mass is 10.1. The number of hydrogen-bond acceptors (Lipinski definition) is 4. The highest BCUT2D eigenvalue weighted by molar-refractivity contribution is 5.76. The largest absolute Gasteiger partial charge is 0.467 e. The van der Waals surface area contributed by atoms with E-state index >= 15 is 0 Å². The van der Waals surface area contributed by atoms with Crippen molar-refractivity contribution in [2.24, 2.45) is 0 Å². The van der Waals surface area contributed by atoms with Crippen LogP contribution >= 0.6 is 0 Å². The molecule has 6 heteroatoms. The van der Waals surface area contributed by atoms with Gasteiger partial charge in [0, 0.05) is 31.6 Å². The number of amides is 1. The predicted octanol–water partition coefficient (Wildman–Crippen LogP) is 4.02. The van der Waals surface area contributed by atoms with Crippen molar-refractivity contribution in [1.82, 2.24) is 19.7 Å². The summed E-state index contributed by atoms with van der Waals surface area (Å²) in [5.41, 5.74) is 3.02. The molecule has 3 aromatic heterocycles. The van der Waals surface area contributed by atoms with Crippen LogP contribution in [-0.4, -0.2) is 25.6 Å². The third kappa shape index (κ3) is 4.99. The Hall–Kier alpha value is -3.67. The highest BCUT2D eigenvalue weighted by atomic mass is 16.3. The Morgan fingerprint density at radius 3 is 2.62 bits per heavy atom. The van der Waals surface area contributed by atoms with E-state index in [2.05, 4.69) is 10.1 Å². The highest BCUT2D eigenvalue weighted by Gasteiger charge is 2.16. The minimum absolute atomic E-state index is 0.0673. The van der Waals surface area contributed by atoms with E-state index in [4.69, 9.17) is 4.42 Å². The fraction of sp³-hybridized carbons (Fsp3) is 0.174. The summed E-state index contributed by atoms with van der Waals surface area (Å²) in [6, 6.07) is 17.5. The number of nitrogens with zero attached hydrogens (tertiary/aromatic N) is 4. The molecule has 0 aliphatic rings. The van der Waals surface area contributed by atoms with E-state index in [9.17, 15) is 4.79 Å². The van der Waals surface area contributed by atoms with Crippen LogP contribution in [0, 0.1) is 0 Å². The molecule has 3 heterocycles. The second-order valence-corrected chi connectivity index (χ2v) is 6.82. The number of carbonyl (C=O) groups is 1. The van der Waals surface area contributed by atoms with Gasteiger partial charge in [0.15, 0.2) is 0 Å². The standard InChI is InChI=1S/C23H22N4O2/c28-23(11-10-20-15-25-27(17-20)21-7-2-1-3-8-21)26(18-22-9-5-13-29-22)16-19-6-4-12-24-14-19/h1-9,12-15,17H,10-11,16,18H2. The summed E-state index contributed by atoms with van der Waals surface area (Å²) < 4.78 is 7.27. The Morgan fingerprint density at radius 1 is 0.966 bits per heavy atom. The number of pyridine rings is 1. The number of benzene rings is 1. The number of hydrogen-bond donors (Lipinski definition) is 0. The van der Waals surface area contributed by atoms with Crippen molar-refractivity contribution in [3.63, 3.8) is 0 Å². The summed E-state index contributed by atoms with van der Waals surface area (Å²) in [7, 11) is 0. The highest BCUT2D eigenvalue weighted by Crippen LogP contribution is 2.14. The topological polar surface area (TPSA) is 64.2 Å². The molecule has 146 valence electrons. The average molecular weight is 386 g/mol. The van der Waals surface area contributed by atoms with Crippen LogP contribution in [0.2, 0.25) is 0 Å². The molecule has 4 aromatic rings. The second kappa shape index (κ2) is 9.01. The van der Waals surface area contributed by atoms with Crippen molar-refractivity contribution in [3.05, 3.63) is 103 Å². The summed E-state index contributed by atoms with van der Waals surface area (Å²) in [5.74, 6) is 0.830. The Kier molecular flexibility index (Phi) is 5.81. The molecule has 0 spiro atoms. The number of furan rings is 1. The Labute approximate surface area is 169 Å². The van der Waals surface area contributed by atoms with E-state index in [1.54, 1.807) is 23.6 Å². The first-order valence-corrected chi connectivity index (χ1v) is 9.56. The lowest BCUT2D eigenvalue weighted by Gasteiger charge is -2.21. The molecule has 1 aromatic carbocycles. The van der Waals surface area contributed by atoms with Gasteiger partial charge in [0.1, 0.15) is 5.76 Å². The van der Waals surface area contributed by atoms with Crippen LogP contribution in [0.3, 0.4) is 0 Å². The summed E-state index contributed by atoms with van der Waals surface area (Å²) >= 11 is 0. The first-order valence-electron chi connectivity index (χ1n) is 9.56. The maximum atomic E-state index is 13.0. The maximum absolute atomic E-state index is 13.0. The number of aryl methyl sites for hydroxylation is 1. The third-order valence-corrected chi connectivity index (χ3v) is 4.66. The summed E-state index contributed by atoms with van der Waals surface area (Å²) in [6.07, 6.45) is 9.96. The van der Waals surface area contributed by atoms with Crippen LogP contribution in [0.25, 0.3) is 5.69 Å². The minimum atomic E-state index is 0.0673. The SMILES string of the molecule is O=C(CCc1cnn(-c2ccccc2)c1)N(Cc1cccnc1)Cc1ccco1. The predicted molar refractivity (Wildman–Crippen MR) is 109 cm³/mol. The van der Waals surface area contributed by atoms with Gasteiger partial charge in [0.05, 0.1) is 24.7 Å². The fourth-order valence-corrected chi connectivity index (χ4v) is 3.16. The van der Waals surface area contributed by atoms with Crippen LogP contribution in [-0.2, 0) is 24.3 Å². The van der Waals surface area contributed by atoms with Crippen LogP contribution in [0.15, 0.2) is 90.1 Å². The molecule has 4 rings (SSSR count). The van der Waals surface area contributed by atoms with Gasteiger partial charge in [0.2, 0.25) is 5.91 Å². The smallest absolute Gasteiger partial charge is 0.223 e. The first-order chi connectivity index (χ1) is 14.3. The van der Waals surface area contributed by atoms with Crippen LogP contribution in [0.1, 0.15) is 23.3 Å². The van der Waals surface area contributed by atoms with Crippen molar-refractivity contribution < 1.29 is 9.21 Å². The van der Waals surface area contributed by atoms with Crippen LogP contribution < -0.4 is 0 Å². The maximum Gasteiger partial charge on any atom is 0.223 e. The molecule has 0 aliphatic heterocycles. The van der Waals surface area contributed by atoms with Gasteiger partial charge in [-0.15, -0.1) is 0 Å². The molecule has 29 heavy (non-hydrogen) atoms. The van der Waals surface area contributed by atoms with Gasteiger partial charge in [-0.3, -0.25) is 9.78 Å². The van der Waals surface area contributed by atoms with Crippen molar-refractivity contribution in [1.29, 1.82) is 0 Å². The third-order valence-electron chi connectivity index (χ3n) is 4.66. The molecule has 0 radical (unpaired) electrons. The number of aromatic nitrogens is 3. The van der Waals surface area contributed by atoms with Crippen molar-refractivity contribution in [2.45, 2.75) is 25.9 Å². The normalized spacial score (nSPS) is 10.8. The van der Waals surface area contributed by atoms with Crippen molar-refractivity contribution >= 4 is 5.91 Å². The summed E-state index contributed by atoms with van der Waals surface area (Å²) in [4.78, 5) is 18.9. The molecular weight excluding hydrogens is 364 g/mol. The molecule has 0 aliphatic carbocycles. The number of carbonyl (C=O) groups excluding carboxylic acids is 1. The fourth-order valence-electron chi connectivity index (χ4n) is 3.16. The van der Waals surface area contributed by atoms with E-state index in [-0.39, 0.29) is 5.91 Å². The van der Waals surface area contributed by atoms with E-state index in [0.29, 0.717) is 25.9 Å². The van der Waals surface area contributed by atoms with E-state index in [1.165, 1.54) is 0 Å². The number of rotatable bonds is 8. The van der Waals surface area contributed by atoms with Gasteiger partial charge in [-0.05, 0) is 47.9 Å². The molecule has 0 bridgehead atoms. The molecule has 0 saturated heterocycles. The number of para-hydroxylation sites is 1. The second-order valence-electron chi connectivity index (χ2n) is 6.82. The monoisotopic (exact) mass is 386 g/mol. The van der Waals surface area contributed by atoms with Crippen LogP contribution in [0.5, 0.6) is 0 Å². The van der Waals surface area contributed by atoms with Gasteiger partial charge < -0.3 is 9.32 Å². The molecule has 0 fully saturated rings. The Balaban J connectivity index is 1.41. The molecule has 1 amide bonds. The van der Waals surface area contributed by atoms with E-state index in [0.717, 1.165) is 22.6 Å². The van der Waals surface area contributed by atoms with Crippen molar-refractivity contribution in [3.8, 4) is 5.69 Å². The zero-order chi connectivity index (χ0) is 19.9. The van der Waals surface area contributed by atoms with E-state index < -0.39 is 0 Å². The molecule has 0 atom stereocenters. The molecule has 6 nitrogen and oxygen atoms in total. The summed E-state index contributed by atoms with van der Waals surface area (Å²) in [6.45, 7) is 0.931. The minimum Gasteiger partial charge on any atom is -0.467 e. The zero-order valence-electron chi connectivity index (χ0n) is 16.0. The molecule has 0 unspecified atom stereocenters. The Bertz CT molecular complexity index is 1030. The average Bonchev–Trinajstić information content (AvgIpc) is 3.45.